The lowest BCUT2D eigenvalue weighted by Gasteiger charge is -2.04. The van der Waals surface area contributed by atoms with Gasteiger partial charge in [0.1, 0.15) is 11.5 Å². The van der Waals surface area contributed by atoms with Crippen LogP contribution in [0.25, 0.3) is 11.4 Å². The van der Waals surface area contributed by atoms with E-state index in [2.05, 4.69) is 10.1 Å². The molecular formula is C16H12Cl2N2O3. The Hall–Kier alpha value is -2.24. The molecule has 0 unspecified atom stereocenters. The monoisotopic (exact) mass is 350 g/mol. The van der Waals surface area contributed by atoms with Gasteiger partial charge in [0.05, 0.1) is 7.11 Å². The Morgan fingerprint density at radius 1 is 1.00 bits per heavy atom. The highest BCUT2D eigenvalue weighted by molar-refractivity contribution is 6.34. The number of methoxy groups -OCH3 is 1. The minimum atomic E-state index is 0.125. The topological polar surface area (TPSA) is 57.4 Å². The summed E-state index contributed by atoms with van der Waals surface area (Å²) >= 11 is 11.8. The number of rotatable bonds is 5. The molecule has 0 aliphatic rings. The summed E-state index contributed by atoms with van der Waals surface area (Å²) in [5.41, 5.74) is 0.826. The third kappa shape index (κ3) is 3.94. The highest BCUT2D eigenvalue weighted by atomic mass is 35.5. The normalized spacial score (nSPS) is 10.6. The fourth-order valence-electron chi connectivity index (χ4n) is 1.93. The second-order valence-electron chi connectivity index (χ2n) is 4.63. The Labute approximate surface area is 142 Å². The molecule has 1 heterocycles. The van der Waals surface area contributed by atoms with Crippen LogP contribution >= 0.6 is 23.2 Å². The first-order valence-electron chi connectivity index (χ1n) is 6.70. The number of aromatic nitrogens is 2. The van der Waals surface area contributed by atoms with Crippen molar-refractivity contribution in [2.24, 2.45) is 0 Å². The maximum atomic E-state index is 5.91. The Morgan fingerprint density at radius 3 is 2.35 bits per heavy atom. The fraction of sp³-hybridized carbons (Fsp3) is 0.125. The van der Waals surface area contributed by atoms with Gasteiger partial charge in [0, 0.05) is 15.6 Å². The lowest BCUT2D eigenvalue weighted by atomic mass is 10.2. The van der Waals surface area contributed by atoms with Crippen molar-refractivity contribution in [3.8, 4) is 22.9 Å². The van der Waals surface area contributed by atoms with Crippen molar-refractivity contribution in [2.45, 2.75) is 6.61 Å². The summed E-state index contributed by atoms with van der Waals surface area (Å²) < 4.78 is 15.8. The second kappa shape index (κ2) is 6.89. The summed E-state index contributed by atoms with van der Waals surface area (Å²) in [7, 11) is 1.61. The molecule has 2 aromatic carbocycles. The molecule has 1 aromatic heterocycles. The van der Waals surface area contributed by atoms with Crippen molar-refractivity contribution in [1.29, 1.82) is 0 Å². The zero-order chi connectivity index (χ0) is 16.2. The molecule has 0 radical (unpaired) electrons. The zero-order valence-corrected chi connectivity index (χ0v) is 13.6. The van der Waals surface area contributed by atoms with E-state index >= 15 is 0 Å². The zero-order valence-electron chi connectivity index (χ0n) is 12.1. The minimum absolute atomic E-state index is 0.125. The van der Waals surface area contributed by atoms with E-state index in [1.807, 2.05) is 24.3 Å². The van der Waals surface area contributed by atoms with Gasteiger partial charge in [-0.1, -0.05) is 28.4 Å². The number of benzene rings is 2. The largest absolute Gasteiger partial charge is 0.497 e. The van der Waals surface area contributed by atoms with Crippen molar-refractivity contribution in [3.63, 3.8) is 0 Å². The fourth-order valence-corrected chi connectivity index (χ4v) is 2.43. The lowest BCUT2D eigenvalue weighted by Crippen LogP contribution is -1.95. The third-order valence-corrected chi connectivity index (χ3v) is 3.45. The van der Waals surface area contributed by atoms with Crippen LogP contribution in [0, 0.1) is 0 Å². The average molecular weight is 351 g/mol. The molecule has 0 spiro atoms. The van der Waals surface area contributed by atoms with Gasteiger partial charge >= 0.3 is 0 Å². The molecule has 23 heavy (non-hydrogen) atoms. The minimum Gasteiger partial charge on any atom is -0.497 e. The van der Waals surface area contributed by atoms with Crippen molar-refractivity contribution >= 4 is 23.2 Å². The van der Waals surface area contributed by atoms with Crippen molar-refractivity contribution < 1.29 is 14.0 Å². The van der Waals surface area contributed by atoms with Crippen molar-refractivity contribution in [3.05, 3.63) is 58.4 Å². The van der Waals surface area contributed by atoms with Gasteiger partial charge in [-0.25, -0.2) is 0 Å². The molecule has 0 saturated heterocycles. The molecular weight excluding hydrogens is 339 g/mol. The van der Waals surface area contributed by atoms with Crippen LogP contribution in [0.5, 0.6) is 11.5 Å². The van der Waals surface area contributed by atoms with E-state index in [9.17, 15) is 0 Å². The molecule has 0 amide bonds. The number of ether oxygens (including phenoxy) is 2. The van der Waals surface area contributed by atoms with E-state index in [0.717, 1.165) is 11.3 Å². The van der Waals surface area contributed by atoms with Gasteiger partial charge in [-0.15, -0.1) is 0 Å². The van der Waals surface area contributed by atoms with Crippen LogP contribution in [0.4, 0.5) is 0 Å². The smallest absolute Gasteiger partial charge is 0.264 e. The first-order chi connectivity index (χ1) is 11.1. The van der Waals surface area contributed by atoms with Gasteiger partial charge in [-0.05, 0) is 42.5 Å². The van der Waals surface area contributed by atoms with E-state index in [4.69, 9.17) is 37.2 Å². The van der Waals surface area contributed by atoms with Crippen LogP contribution < -0.4 is 9.47 Å². The Bertz CT molecular complexity index is 783. The quantitative estimate of drug-likeness (QED) is 0.671. The molecule has 3 aromatic rings. The van der Waals surface area contributed by atoms with Crippen molar-refractivity contribution in [2.75, 3.05) is 7.11 Å². The lowest BCUT2D eigenvalue weighted by molar-refractivity contribution is 0.243. The maximum Gasteiger partial charge on any atom is 0.264 e. The highest BCUT2D eigenvalue weighted by Gasteiger charge is 2.10. The molecule has 0 N–H and O–H groups in total. The molecule has 0 atom stereocenters. The van der Waals surface area contributed by atoms with Crippen LogP contribution in [-0.4, -0.2) is 17.3 Å². The summed E-state index contributed by atoms with van der Waals surface area (Å²) in [6.45, 7) is 0.125. The average Bonchev–Trinajstić information content (AvgIpc) is 3.01. The molecule has 3 rings (SSSR count). The van der Waals surface area contributed by atoms with E-state index in [1.54, 1.807) is 25.3 Å². The van der Waals surface area contributed by atoms with Crippen LogP contribution in [0.15, 0.2) is 47.0 Å². The van der Waals surface area contributed by atoms with Gasteiger partial charge < -0.3 is 14.0 Å². The summed E-state index contributed by atoms with van der Waals surface area (Å²) in [4.78, 5) is 4.29. The number of hydrogen-bond donors (Lipinski definition) is 0. The Balaban J connectivity index is 1.69. The number of hydrogen-bond acceptors (Lipinski definition) is 5. The molecule has 5 nitrogen and oxygen atoms in total. The number of halogens is 2. The summed E-state index contributed by atoms with van der Waals surface area (Å²) in [6.07, 6.45) is 0. The molecule has 118 valence electrons. The summed E-state index contributed by atoms with van der Waals surface area (Å²) in [5, 5.41) is 4.92. The van der Waals surface area contributed by atoms with Gasteiger partial charge in [0.15, 0.2) is 6.61 Å². The summed E-state index contributed by atoms with van der Waals surface area (Å²) in [5.74, 6) is 2.13. The molecule has 0 aliphatic carbocycles. The van der Waals surface area contributed by atoms with Crippen molar-refractivity contribution in [1.82, 2.24) is 10.1 Å². The molecule has 0 aliphatic heterocycles. The third-order valence-electron chi connectivity index (χ3n) is 3.01. The number of nitrogens with zero attached hydrogens (tertiary/aromatic N) is 2. The van der Waals surface area contributed by atoms with Gasteiger partial charge in [0.25, 0.3) is 5.89 Å². The standard InChI is InChI=1S/C16H12Cl2N2O3/c1-21-13-4-2-10(3-5-13)16-19-15(23-20-16)9-22-14-7-11(17)6-12(18)8-14/h2-8H,9H2,1H3. The second-order valence-corrected chi connectivity index (χ2v) is 5.51. The molecule has 0 fully saturated rings. The predicted molar refractivity (Wildman–Crippen MR) is 87.1 cm³/mol. The van der Waals surface area contributed by atoms with E-state index < -0.39 is 0 Å². The first kappa shape index (κ1) is 15.6. The van der Waals surface area contributed by atoms with Crippen LogP contribution in [-0.2, 0) is 6.61 Å². The molecule has 0 saturated carbocycles. The predicted octanol–water partition coefficient (Wildman–Crippen LogP) is 4.63. The van der Waals surface area contributed by atoms with Gasteiger partial charge in [-0.3, -0.25) is 0 Å². The highest BCUT2D eigenvalue weighted by Crippen LogP contribution is 2.25. The Morgan fingerprint density at radius 2 is 1.70 bits per heavy atom. The first-order valence-corrected chi connectivity index (χ1v) is 7.45. The SMILES string of the molecule is COc1ccc(-c2noc(COc3cc(Cl)cc(Cl)c3)n2)cc1. The molecule has 0 bridgehead atoms. The Kier molecular flexibility index (Phi) is 4.69. The summed E-state index contributed by atoms with van der Waals surface area (Å²) in [6, 6.07) is 12.3. The van der Waals surface area contributed by atoms with E-state index in [1.165, 1.54) is 0 Å². The van der Waals surface area contributed by atoms with E-state index in [-0.39, 0.29) is 6.61 Å². The van der Waals surface area contributed by atoms with Crippen LogP contribution in [0.1, 0.15) is 5.89 Å². The van der Waals surface area contributed by atoms with Gasteiger partial charge in [-0.2, -0.15) is 4.98 Å². The van der Waals surface area contributed by atoms with E-state index in [0.29, 0.717) is 27.5 Å². The van der Waals surface area contributed by atoms with Gasteiger partial charge in [0.2, 0.25) is 5.82 Å². The molecule has 7 heteroatoms. The maximum absolute atomic E-state index is 5.91. The van der Waals surface area contributed by atoms with Crippen LogP contribution in [0.2, 0.25) is 10.0 Å². The van der Waals surface area contributed by atoms with Crippen LogP contribution in [0.3, 0.4) is 0 Å².